The van der Waals surface area contributed by atoms with Gasteiger partial charge in [0, 0.05) is 12.1 Å². The zero-order valence-corrected chi connectivity index (χ0v) is 15.7. The first-order valence-electron chi connectivity index (χ1n) is 7.95. The third-order valence-corrected chi connectivity index (χ3v) is 4.99. The lowest BCUT2D eigenvalue weighted by atomic mass is 10.1. The second-order valence-corrected chi connectivity index (χ2v) is 7.06. The Hall–Kier alpha value is -2.51. The fraction of sp³-hybridized carbons (Fsp3) is 0.167. The first-order chi connectivity index (χ1) is 12.5. The number of carbonyl (C=O) groups is 1. The van der Waals surface area contributed by atoms with E-state index in [4.69, 9.17) is 17.4 Å². The number of hydrogen-bond acceptors (Lipinski definition) is 5. The fourth-order valence-corrected chi connectivity index (χ4v) is 3.20. The maximum absolute atomic E-state index is 12.0. The number of nitrogens with two attached hydrogens (primary N) is 1. The molecule has 1 heterocycles. The summed E-state index contributed by atoms with van der Waals surface area (Å²) < 4.78 is 1.35. The van der Waals surface area contributed by atoms with Crippen LogP contribution in [0.2, 0.25) is 5.02 Å². The standard InChI is InChI=1S/C18H18ClN5OS/c1-12-6-8-13(9-7-12)10-21-16(25)11-26-18-23-22-17(24(18)20)14-4-2-3-5-15(14)19/h2-9H,10-11,20H2,1H3,(H,21,25). The van der Waals surface area contributed by atoms with Gasteiger partial charge in [-0.15, -0.1) is 10.2 Å². The van der Waals surface area contributed by atoms with Crippen molar-refractivity contribution in [3.05, 3.63) is 64.7 Å². The van der Waals surface area contributed by atoms with Gasteiger partial charge in [-0.25, -0.2) is 4.68 Å². The number of halogens is 1. The first kappa shape index (κ1) is 18.3. The zero-order valence-electron chi connectivity index (χ0n) is 14.1. The van der Waals surface area contributed by atoms with Gasteiger partial charge in [-0.05, 0) is 24.6 Å². The number of nitrogens with zero attached hydrogens (tertiary/aromatic N) is 3. The summed E-state index contributed by atoms with van der Waals surface area (Å²) in [6.07, 6.45) is 0. The maximum Gasteiger partial charge on any atom is 0.230 e. The molecule has 6 nitrogen and oxygen atoms in total. The van der Waals surface area contributed by atoms with E-state index < -0.39 is 0 Å². The summed E-state index contributed by atoms with van der Waals surface area (Å²) in [5.74, 6) is 6.61. The SMILES string of the molecule is Cc1ccc(CNC(=O)CSc2nnc(-c3ccccc3Cl)n2N)cc1. The highest BCUT2D eigenvalue weighted by Crippen LogP contribution is 2.27. The highest BCUT2D eigenvalue weighted by Gasteiger charge is 2.15. The minimum atomic E-state index is -0.0992. The van der Waals surface area contributed by atoms with Crippen LogP contribution in [0.5, 0.6) is 0 Å². The third kappa shape index (κ3) is 4.36. The maximum atomic E-state index is 12.0. The van der Waals surface area contributed by atoms with Crippen molar-refractivity contribution >= 4 is 29.3 Å². The average Bonchev–Trinajstić information content (AvgIpc) is 3.00. The minimum absolute atomic E-state index is 0.0992. The molecule has 26 heavy (non-hydrogen) atoms. The predicted molar refractivity (Wildman–Crippen MR) is 104 cm³/mol. The molecule has 0 spiro atoms. The number of nitrogen functional groups attached to an aromatic ring is 1. The Morgan fingerprint density at radius 3 is 2.65 bits per heavy atom. The quantitative estimate of drug-likeness (QED) is 0.501. The van der Waals surface area contributed by atoms with Crippen LogP contribution in [0.4, 0.5) is 0 Å². The van der Waals surface area contributed by atoms with E-state index in [9.17, 15) is 4.79 Å². The Balaban J connectivity index is 1.57. The highest BCUT2D eigenvalue weighted by atomic mass is 35.5. The van der Waals surface area contributed by atoms with Gasteiger partial charge in [0.1, 0.15) is 0 Å². The lowest BCUT2D eigenvalue weighted by molar-refractivity contribution is -0.118. The smallest absolute Gasteiger partial charge is 0.230 e. The number of hydrogen-bond donors (Lipinski definition) is 2. The molecule has 1 amide bonds. The van der Waals surface area contributed by atoms with Crippen molar-refractivity contribution in [3.8, 4) is 11.4 Å². The number of carbonyl (C=O) groups excluding carboxylic acids is 1. The Morgan fingerprint density at radius 1 is 1.19 bits per heavy atom. The molecule has 0 fully saturated rings. The second kappa shape index (κ2) is 8.25. The van der Waals surface area contributed by atoms with Gasteiger partial charge < -0.3 is 11.2 Å². The number of benzene rings is 2. The van der Waals surface area contributed by atoms with Crippen molar-refractivity contribution in [3.63, 3.8) is 0 Å². The molecule has 0 atom stereocenters. The van der Waals surface area contributed by atoms with Crippen LogP contribution in [0, 0.1) is 6.92 Å². The number of nitrogens with one attached hydrogen (secondary N) is 1. The van der Waals surface area contributed by atoms with Gasteiger partial charge in [0.25, 0.3) is 0 Å². The molecule has 0 bridgehead atoms. The van der Waals surface area contributed by atoms with Crippen LogP contribution in [-0.2, 0) is 11.3 Å². The van der Waals surface area contributed by atoms with Crippen LogP contribution in [-0.4, -0.2) is 26.5 Å². The van der Waals surface area contributed by atoms with E-state index in [-0.39, 0.29) is 11.7 Å². The molecule has 0 aliphatic carbocycles. The predicted octanol–water partition coefficient (Wildman–Crippen LogP) is 3.03. The van der Waals surface area contributed by atoms with E-state index in [1.165, 1.54) is 22.0 Å². The van der Waals surface area contributed by atoms with E-state index in [2.05, 4.69) is 15.5 Å². The van der Waals surface area contributed by atoms with Gasteiger partial charge in [-0.2, -0.15) is 0 Å². The van der Waals surface area contributed by atoms with Crippen LogP contribution >= 0.6 is 23.4 Å². The summed E-state index contributed by atoms with van der Waals surface area (Å²) in [4.78, 5) is 12.0. The summed E-state index contributed by atoms with van der Waals surface area (Å²) in [6.45, 7) is 2.51. The fourth-order valence-electron chi connectivity index (χ4n) is 2.29. The molecular formula is C18H18ClN5OS. The van der Waals surface area contributed by atoms with Gasteiger partial charge >= 0.3 is 0 Å². The van der Waals surface area contributed by atoms with E-state index in [0.717, 1.165) is 5.56 Å². The molecule has 134 valence electrons. The molecule has 3 aromatic rings. The number of aryl methyl sites for hydroxylation is 1. The van der Waals surface area contributed by atoms with Crippen molar-refractivity contribution in [2.24, 2.45) is 0 Å². The van der Waals surface area contributed by atoms with Gasteiger partial charge in [-0.3, -0.25) is 4.79 Å². The second-order valence-electron chi connectivity index (χ2n) is 5.71. The highest BCUT2D eigenvalue weighted by molar-refractivity contribution is 7.99. The lowest BCUT2D eigenvalue weighted by Gasteiger charge is -2.06. The number of amides is 1. The molecule has 1 aromatic heterocycles. The Morgan fingerprint density at radius 2 is 1.92 bits per heavy atom. The van der Waals surface area contributed by atoms with Crippen LogP contribution < -0.4 is 11.2 Å². The van der Waals surface area contributed by atoms with Gasteiger partial charge in [0.05, 0.1) is 10.8 Å². The number of aromatic nitrogens is 3. The Bertz CT molecular complexity index is 910. The monoisotopic (exact) mass is 387 g/mol. The molecular weight excluding hydrogens is 370 g/mol. The molecule has 0 saturated carbocycles. The molecule has 8 heteroatoms. The summed E-state index contributed by atoms with van der Waals surface area (Å²) in [5.41, 5.74) is 2.93. The van der Waals surface area contributed by atoms with E-state index >= 15 is 0 Å². The van der Waals surface area contributed by atoms with Crippen LogP contribution in [0.1, 0.15) is 11.1 Å². The lowest BCUT2D eigenvalue weighted by Crippen LogP contribution is -2.25. The Kier molecular flexibility index (Phi) is 5.80. The molecule has 0 radical (unpaired) electrons. The van der Waals surface area contributed by atoms with Crippen molar-refractivity contribution in [1.82, 2.24) is 20.2 Å². The summed E-state index contributed by atoms with van der Waals surface area (Å²) >= 11 is 7.39. The van der Waals surface area contributed by atoms with Crippen molar-refractivity contribution in [1.29, 1.82) is 0 Å². The molecule has 0 saturated heterocycles. The van der Waals surface area contributed by atoms with Gasteiger partial charge in [0.15, 0.2) is 5.82 Å². The average molecular weight is 388 g/mol. The van der Waals surface area contributed by atoms with Gasteiger partial charge in [0.2, 0.25) is 11.1 Å². The zero-order chi connectivity index (χ0) is 18.5. The molecule has 0 unspecified atom stereocenters. The minimum Gasteiger partial charge on any atom is -0.351 e. The third-order valence-electron chi connectivity index (χ3n) is 3.72. The molecule has 3 N–H and O–H groups in total. The van der Waals surface area contributed by atoms with Crippen LogP contribution in [0.15, 0.2) is 53.7 Å². The molecule has 3 rings (SSSR count). The van der Waals surface area contributed by atoms with E-state index in [0.29, 0.717) is 28.1 Å². The normalized spacial score (nSPS) is 10.7. The topological polar surface area (TPSA) is 85.8 Å². The molecule has 0 aliphatic heterocycles. The van der Waals surface area contributed by atoms with Crippen molar-refractivity contribution < 1.29 is 4.79 Å². The van der Waals surface area contributed by atoms with E-state index in [1.807, 2.05) is 49.4 Å². The largest absolute Gasteiger partial charge is 0.351 e. The number of rotatable bonds is 6. The van der Waals surface area contributed by atoms with Gasteiger partial charge in [-0.1, -0.05) is 65.3 Å². The summed E-state index contributed by atoms with van der Waals surface area (Å²) in [6, 6.07) is 15.3. The van der Waals surface area contributed by atoms with Crippen LogP contribution in [0.3, 0.4) is 0 Å². The summed E-state index contributed by atoms with van der Waals surface area (Å²) in [7, 11) is 0. The van der Waals surface area contributed by atoms with E-state index in [1.54, 1.807) is 6.07 Å². The van der Waals surface area contributed by atoms with Crippen LogP contribution in [0.25, 0.3) is 11.4 Å². The molecule has 2 aromatic carbocycles. The van der Waals surface area contributed by atoms with Crippen molar-refractivity contribution in [2.75, 3.05) is 11.6 Å². The molecule has 0 aliphatic rings. The number of thioether (sulfide) groups is 1. The van der Waals surface area contributed by atoms with Crippen molar-refractivity contribution in [2.45, 2.75) is 18.6 Å². The summed E-state index contributed by atoms with van der Waals surface area (Å²) in [5, 5.41) is 12.0. The Labute approximate surface area is 160 Å². The first-order valence-corrected chi connectivity index (χ1v) is 9.31.